The maximum absolute atomic E-state index is 10.9. The minimum Gasteiger partial charge on any atom is -0.481 e. The lowest BCUT2D eigenvalue weighted by molar-refractivity contribution is -0.141. The van der Waals surface area contributed by atoms with Crippen molar-refractivity contribution in [3.63, 3.8) is 0 Å². The first-order valence-corrected chi connectivity index (χ1v) is 5.43. The molecule has 0 aromatic rings. The molecule has 4 heteroatoms. The second kappa shape index (κ2) is 2.97. The summed E-state index contributed by atoms with van der Waals surface area (Å²) in [6, 6.07) is 0. The van der Waals surface area contributed by atoms with Gasteiger partial charge in [-0.05, 0) is 30.6 Å². The largest absolute Gasteiger partial charge is 0.481 e. The van der Waals surface area contributed by atoms with Crippen LogP contribution in [-0.2, 0) is 4.79 Å². The van der Waals surface area contributed by atoms with E-state index < -0.39 is 5.97 Å². The molecule has 0 amide bonds. The number of rotatable bonds is 2. The summed E-state index contributed by atoms with van der Waals surface area (Å²) in [4.78, 5) is 10.9. The summed E-state index contributed by atoms with van der Waals surface area (Å²) in [5, 5.41) is 12.9. The van der Waals surface area contributed by atoms with E-state index in [0.717, 1.165) is 25.0 Å². The highest BCUT2D eigenvalue weighted by molar-refractivity contribution is 5.94. The second-order valence-electron chi connectivity index (χ2n) is 5.34. The van der Waals surface area contributed by atoms with Crippen molar-refractivity contribution in [2.75, 3.05) is 0 Å². The average molecular weight is 210 g/mol. The van der Waals surface area contributed by atoms with Gasteiger partial charge in [0.1, 0.15) is 0 Å². The zero-order valence-electron chi connectivity index (χ0n) is 9.29. The standard InChI is InChI=1S/C11H18N2O2/c1-10-4-3-7(5-8(10)13-12)11(10,2)6-9(14)15/h7H,3-6,12H2,1-2H3,(H,14,15)/b13-8-/t7-,10+,11-/m0/s1. The predicted molar refractivity (Wildman–Crippen MR) is 57.4 cm³/mol. The summed E-state index contributed by atoms with van der Waals surface area (Å²) in [6.45, 7) is 4.20. The quantitative estimate of drug-likeness (QED) is 0.537. The Kier molecular flexibility index (Phi) is 2.07. The van der Waals surface area contributed by atoms with Crippen molar-refractivity contribution in [2.45, 2.75) is 39.5 Å². The fraction of sp³-hybridized carbons (Fsp3) is 0.818. The highest BCUT2D eigenvalue weighted by atomic mass is 16.4. The smallest absolute Gasteiger partial charge is 0.303 e. The number of nitrogens with two attached hydrogens (primary N) is 1. The fourth-order valence-electron chi connectivity index (χ4n) is 3.63. The molecule has 3 N–H and O–H groups in total. The number of carbonyl (C=O) groups is 1. The number of carboxylic acids is 1. The minimum atomic E-state index is -0.714. The fourth-order valence-corrected chi connectivity index (χ4v) is 3.63. The monoisotopic (exact) mass is 210 g/mol. The van der Waals surface area contributed by atoms with E-state index in [4.69, 9.17) is 10.9 Å². The van der Waals surface area contributed by atoms with Crippen molar-refractivity contribution in [1.29, 1.82) is 0 Å². The Hall–Kier alpha value is -1.06. The minimum absolute atomic E-state index is 0.0925. The van der Waals surface area contributed by atoms with Crippen LogP contribution in [0.4, 0.5) is 0 Å². The van der Waals surface area contributed by atoms with Crippen molar-refractivity contribution in [3.8, 4) is 0 Å². The van der Waals surface area contributed by atoms with E-state index in [1.165, 1.54) is 0 Å². The van der Waals surface area contributed by atoms with Crippen molar-refractivity contribution >= 4 is 11.7 Å². The van der Waals surface area contributed by atoms with Crippen LogP contribution in [0.3, 0.4) is 0 Å². The number of aliphatic carboxylic acids is 1. The molecule has 0 aromatic carbocycles. The molecule has 2 bridgehead atoms. The highest BCUT2D eigenvalue weighted by Crippen LogP contribution is 2.65. The summed E-state index contributed by atoms with van der Waals surface area (Å²) >= 11 is 0. The van der Waals surface area contributed by atoms with Gasteiger partial charge in [-0.1, -0.05) is 13.8 Å². The molecule has 4 nitrogen and oxygen atoms in total. The van der Waals surface area contributed by atoms with Gasteiger partial charge in [-0.15, -0.1) is 0 Å². The van der Waals surface area contributed by atoms with Gasteiger partial charge in [-0.3, -0.25) is 4.79 Å². The molecule has 0 unspecified atom stereocenters. The Labute approximate surface area is 89.5 Å². The van der Waals surface area contributed by atoms with Crippen molar-refractivity contribution < 1.29 is 9.90 Å². The summed E-state index contributed by atoms with van der Waals surface area (Å²) in [5.41, 5.74) is 0.768. The number of hydrogen-bond donors (Lipinski definition) is 2. The second-order valence-corrected chi connectivity index (χ2v) is 5.34. The number of carboxylic acid groups (broad SMARTS) is 1. The topological polar surface area (TPSA) is 75.7 Å². The predicted octanol–water partition coefficient (Wildman–Crippen LogP) is 1.60. The number of hydrazone groups is 1. The van der Waals surface area contributed by atoms with Crippen LogP contribution in [0, 0.1) is 16.7 Å². The Morgan fingerprint density at radius 2 is 2.33 bits per heavy atom. The van der Waals surface area contributed by atoms with Crippen LogP contribution in [0.5, 0.6) is 0 Å². The first kappa shape index (κ1) is 10.5. The Morgan fingerprint density at radius 1 is 1.67 bits per heavy atom. The van der Waals surface area contributed by atoms with Crippen molar-refractivity contribution in [3.05, 3.63) is 0 Å². The van der Waals surface area contributed by atoms with Crippen LogP contribution in [0.2, 0.25) is 0 Å². The van der Waals surface area contributed by atoms with Crippen LogP contribution < -0.4 is 5.84 Å². The SMILES string of the molecule is C[C@]1(CC(=O)O)[C@H]2CC[C@]1(C)/C(=N\N)C2. The molecule has 0 radical (unpaired) electrons. The zero-order valence-corrected chi connectivity index (χ0v) is 9.29. The molecule has 0 heterocycles. The van der Waals surface area contributed by atoms with Gasteiger partial charge in [0.25, 0.3) is 0 Å². The molecule has 3 atom stereocenters. The maximum Gasteiger partial charge on any atom is 0.303 e. The lowest BCUT2D eigenvalue weighted by Crippen LogP contribution is -2.37. The molecule has 0 saturated heterocycles. The number of fused-ring (bicyclic) bond motifs is 2. The molecular weight excluding hydrogens is 192 g/mol. The summed E-state index contributed by atoms with van der Waals surface area (Å²) in [6.07, 6.45) is 3.25. The molecule has 0 aromatic heterocycles. The Morgan fingerprint density at radius 3 is 2.80 bits per heavy atom. The summed E-state index contributed by atoms with van der Waals surface area (Å²) < 4.78 is 0. The van der Waals surface area contributed by atoms with Crippen LogP contribution in [0.1, 0.15) is 39.5 Å². The van der Waals surface area contributed by atoms with Gasteiger partial charge in [-0.2, -0.15) is 5.10 Å². The Bertz CT molecular complexity index is 339. The lowest BCUT2D eigenvalue weighted by Gasteiger charge is -2.36. The summed E-state index contributed by atoms with van der Waals surface area (Å²) in [7, 11) is 0. The molecule has 15 heavy (non-hydrogen) atoms. The summed E-state index contributed by atoms with van der Waals surface area (Å²) in [5.74, 6) is 5.13. The molecule has 84 valence electrons. The van der Waals surface area contributed by atoms with Crippen LogP contribution in [0.25, 0.3) is 0 Å². The van der Waals surface area contributed by atoms with E-state index in [2.05, 4.69) is 18.9 Å². The molecule has 0 spiro atoms. The van der Waals surface area contributed by atoms with Gasteiger partial charge >= 0.3 is 5.97 Å². The van der Waals surface area contributed by atoms with E-state index >= 15 is 0 Å². The van der Waals surface area contributed by atoms with E-state index in [1.807, 2.05) is 0 Å². The normalized spacial score (nSPS) is 46.3. The molecule has 2 aliphatic carbocycles. The van der Waals surface area contributed by atoms with Crippen LogP contribution in [-0.4, -0.2) is 16.8 Å². The molecule has 2 fully saturated rings. The van der Waals surface area contributed by atoms with Gasteiger partial charge in [0.2, 0.25) is 0 Å². The molecule has 2 saturated carbocycles. The first-order valence-electron chi connectivity index (χ1n) is 5.43. The molecule has 0 aliphatic heterocycles. The zero-order chi connectivity index (χ0) is 11.3. The lowest BCUT2D eigenvalue weighted by atomic mass is 9.67. The number of hydrogen-bond acceptors (Lipinski definition) is 3. The average Bonchev–Trinajstić information content (AvgIpc) is 2.49. The third-order valence-corrected chi connectivity index (χ3v) is 4.91. The van der Waals surface area contributed by atoms with E-state index in [-0.39, 0.29) is 17.3 Å². The van der Waals surface area contributed by atoms with Crippen molar-refractivity contribution in [2.24, 2.45) is 27.7 Å². The van der Waals surface area contributed by atoms with Crippen LogP contribution in [0.15, 0.2) is 5.10 Å². The van der Waals surface area contributed by atoms with Gasteiger partial charge in [0, 0.05) is 11.1 Å². The van der Waals surface area contributed by atoms with E-state index in [0.29, 0.717) is 5.92 Å². The van der Waals surface area contributed by atoms with Gasteiger partial charge in [0.05, 0.1) is 6.42 Å². The van der Waals surface area contributed by atoms with Crippen LogP contribution >= 0.6 is 0 Å². The third kappa shape index (κ3) is 1.13. The molecule has 2 rings (SSSR count). The van der Waals surface area contributed by atoms with Gasteiger partial charge < -0.3 is 10.9 Å². The third-order valence-electron chi connectivity index (χ3n) is 4.91. The van der Waals surface area contributed by atoms with E-state index in [1.54, 1.807) is 0 Å². The Balaban J connectivity index is 2.39. The molecular formula is C11H18N2O2. The number of nitrogens with zero attached hydrogens (tertiary/aromatic N) is 1. The maximum atomic E-state index is 10.9. The van der Waals surface area contributed by atoms with E-state index in [9.17, 15) is 4.79 Å². The molecule has 2 aliphatic rings. The first-order chi connectivity index (χ1) is 6.94. The van der Waals surface area contributed by atoms with Gasteiger partial charge in [-0.25, -0.2) is 0 Å². The van der Waals surface area contributed by atoms with Crippen molar-refractivity contribution in [1.82, 2.24) is 0 Å². The van der Waals surface area contributed by atoms with Gasteiger partial charge in [0.15, 0.2) is 0 Å². The highest BCUT2D eigenvalue weighted by Gasteiger charge is 2.62.